The quantitative estimate of drug-likeness (QED) is 0.889. The summed E-state index contributed by atoms with van der Waals surface area (Å²) in [5.74, 6) is -0.909. The molecule has 1 aromatic rings. The maximum atomic E-state index is 14.2. The molecular formula is C16H24F2N2. The predicted octanol–water partition coefficient (Wildman–Crippen LogP) is 3.49. The molecule has 0 aromatic heterocycles. The van der Waals surface area contributed by atoms with Crippen LogP contribution in [-0.4, -0.2) is 31.1 Å². The van der Waals surface area contributed by atoms with Crippen LogP contribution in [0.5, 0.6) is 0 Å². The van der Waals surface area contributed by atoms with E-state index < -0.39 is 11.6 Å². The van der Waals surface area contributed by atoms with Gasteiger partial charge in [0.1, 0.15) is 11.6 Å². The summed E-state index contributed by atoms with van der Waals surface area (Å²) in [7, 11) is 4.02. The van der Waals surface area contributed by atoms with Crippen molar-refractivity contribution in [3.8, 4) is 0 Å². The zero-order chi connectivity index (χ0) is 14.8. The lowest BCUT2D eigenvalue weighted by Crippen LogP contribution is -2.52. The van der Waals surface area contributed by atoms with Gasteiger partial charge < -0.3 is 10.2 Å². The van der Waals surface area contributed by atoms with Gasteiger partial charge in [0, 0.05) is 11.1 Å². The van der Waals surface area contributed by atoms with E-state index in [-0.39, 0.29) is 17.1 Å². The molecule has 0 heterocycles. The molecule has 4 heteroatoms. The molecule has 0 bridgehead atoms. The number of hydrogen-bond acceptors (Lipinski definition) is 2. The highest BCUT2D eigenvalue weighted by atomic mass is 19.1. The third kappa shape index (κ3) is 2.59. The molecule has 0 spiro atoms. The van der Waals surface area contributed by atoms with Crippen LogP contribution in [0.15, 0.2) is 18.2 Å². The van der Waals surface area contributed by atoms with E-state index in [0.717, 1.165) is 25.7 Å². The highest BCUT2D eigenvalue weighted by Gasteiger charge is 2.45. The van der Waals surface area contributed by atoms with Crippen molar-refractivity contribution in [1.82, 2.24) is 10.2 Å². The Morgan fingerprint density at radius 1 is 1.20 bits per heavy atom. The summed E-state index contributed by atoms with van der Waals surface area (Å²) in [6.07, 6.45) is 4.14. The van der Waals surface area contributed by atoms with E-state index in [1.807, 2.05) is 21.0 Å². The fourth-order valence-corrected chi connectivity index (χ4v) is 3.53. The van der Waals surface area contributed by atoms with Gasteiger partial charge >= 0.3 is 0 Å². The number of nitrogens with one attached hydrogen (secondary N) is 1. The predicted molar refractivity (Wildman–Crippen MR) is 77.7 cm³/mol. The molecule has 0 amide bonds. The minimum atomic E-state index is -0.455. The van der Waals surface area contributed by atoms with E-state index in [1.165, 1.54) is 18.2 Å². The average Bonchev–Trinajstić information content (AvgIpc) is 2.88. The fraction of sp³-hybridized carbons (Fsp3) is 0.625. The zero-order valence-electron chi connectivity index (χ0n) is 12.5. The summed E-state index contributed by atoms with van der Waals surface area (Å²) < 4.78 is 28.4. The van der Waals surface area contributed by atoms with Crippen LogP contribution in [0.4, 0.5) is 8.78 Å². The Labute approximate surface area is 120 Å². The van der Waals surface area contributed by atoms with Crippen LogP contribution in [0.1, 0.15) is 44.2 Å². The maximum absolute atomic E-state index is 14.2. The van der Waals surface area contributed by atoms with Crippen LogP contribution in [-0.2, 0) is 0 Å². The van der Waals surface area contributed by atoms with Gasteiger partial charge in [0.25, 0.3) is 0 Å². The zero-order valence-corrected chi connectivity index (χ0v) is 12.5. The van der Waals surface area contributed by atoms with Crippen LogP contribution in [0.25, 0.3) is 0 Å². The lowest BCUT2D eigenvalue weighted by molar-refractivity contribution is 0.101. The number of halogens is 2. The van der Waals surface area contributed by atoms with Crippen molar-refractivity contribution >= 4 is 0 Å². The topological polar surface area (TPSA) is 15.3 Å². The monoisotopic (exact) mass is 282 g/mol. The summed E-state index contributed by atoms with van der Waals surface area (Å²) >= 11 is 0. The van der Waals surface area contributed by atoms with Crippen LogP contribution in [0, 0.1) is 11.6 Å². The second kappa shape index (κ2) is 6.19. The number of hydrogen-bond donors (Lipinski definition) is 1. The van der Waals surface area contributed by atoms with Gasteiger partial charge in [-0.05, 0) is 45.6 Å². The van der Waals surface area contributed by atoms with E-state index in [4.69, 9.17) is 0 Å². The summed E-state index contributed by atoms with van der Waals surface area (Å²) in [6, 6.07) is 3.81. The molecule has 1 atom stereocenters. The molecule has 0 aliphatic heterocycles. The van der Waals surface area contributed by atoms with E-state index in [0.29, 0.717) is 6.54 Å². The van der Waals surface area contributed by atoms with E-state index >= 15 is 0 Å². The highest BCUT2D eigenvalue weighted by molar-refractivity contribution is 5.28. The SMILES string of the molecule is CCNC(c1c(F)cccc1F)C1(N(C)C)CCCC1. The minimum absolute atomic E-state index is 0.185. The maximum Gasteiger partial charge on any atom is 0.130 e. The largest absolute Gasteiger partial charge is 0.308 e. The Morgan fingerprint density at radius 2 is 1.75 bits per heavy atom. The smallest absolute Gasteiger partial charge is 0.130 e. The van der Waals surface area contributed by atoms with E-state index in [2.05, 4.69) is 10.2 Å². The normalized spacial score (nSPS) is 19.5. The van der Waals surface area contributed by atoms with Crippen LogP contribution >= 0.6 is 0 Å². The van der Waals surface area contributed by atoms with Crippen LogP contribution in [0.2, 0.25) is 0 Å². The molecule has 2 nitrogen and oxygen atoms in total. The number of likely N-dealkylation sites (N-methyl/N-ethyl adjacent to an activating group) is 2. The van der Waals surface area contributed by atoms with Crippen molar-refractivity contribution < 1.29 is 8.78 Å². The molecular weight excluding hydrogens is 258 g/mol. The van der Waals surface area contributed by atoms with Gasteiger partial charge in [-0.15, -0.1) is 0 Å². The van der Waals surface area contributed by atoms with Gasteiger partial charge in [0.05, 0.1) is 6.04 Å². The number of rotatable bonds is 5. The Balaban J connectivity index is 2.50. The standard InChI is InChI=1S/C16H24F2N2/c1-4-19-15(14-12(17)8-7-9-13(14)18)16(20(2)3)10-5-6-11-16/h7-9,15,19H,4-6,10-11H2,1-3H3. The average molecular weight is 282 g/mol. The summed E-state index contributed by atoms with van der Waals surface area (Å²) in [5.41, 5.74) is -0.0241. The Kier molecular flexibility index (Phi) is 4.76. The van der Waals surface area contributed by atoms with Gasteiger partial charge in [-0.2, -0.15) is 0 Å². The summed E-state index contributed by atoms with van der Waals surface area (Å²) in [4.78, 5) is 2.14. The van der Waals surface area contributed by atoms with E-state index in [1.54, 1.807) is 0 Å². The van der Waals surface area contributed by atoms with Crippen molar-refractivity contribution in [3.05, 3.63) is 35.4 Å². The molecule has 1 aliphatic rings. The second-order valence-corrected chi connectivity index (χ2v) is 5.83. The molecule has 112 valence electrons. The molecule has 1 N–H and O–H groups in total. The Morgan fingerprint density at radius 3 is 2.20 bits per heavy atom. The van der Waals surface area contributed by atoms with Crippen molar-refractivity contribution in [3.63, 3.8) is 0 Å². The molecule has 1 saturated carbocycles. The molecule has 1 aliphatic carbocycles. The highest BCUT2D eigenvalue weighted by Crippen LogP contribution is 2.44. The van der Waals surface area contributed by atoms with Gasteiger partial charge in [-0.25, -0.2) is 8.78 Å². The minimum Gasteiger partial charge on any atom is -0.308 e. The third-order valence-corrected chi connectivity index (χ3v) is 4.59. The first-order chi connectivity index (χ1) is 9.53. The number of benzene rings is 1. The third-order valence-electron chi connectivity index (χ3n) is 4.59. The van der Waals surface area contributed by atoms with Crippen LogP contribution < -0.4 is 5.32 Å². The van der Waals surface area contributed by atoms with Crippen molar-refractivity contribution in [2.45, 2.75) is 44.2 Å². The molecule has 2 rings (SSSR count). The summed E-state index contributed by atoms with van der Waals surface area (Å²) in [5, 5.41) is 3.32. The lowest BCUT2D eigenvalue weighted by Gasteiger charge is -2.44. The van der Waals surface area contributed by atoms with E-state index in [9.17, 15) is 8.78 Å². The first kappa shape index (κ1) is 15.4. The van der Waals surface area contributed by atoms with Gasteiger partial charge in [-0.3, -0.25) is 0 Å². The number of nitrogens with zero attached hydrogens (tertiary/aromatic N) is 1. The summed E-state index contributed by atoms with van der Waals surface area (Å²) in [6.45, 7) is 2.66. The van der Waals surface area contributed by atoms with Gasteiger partial charge in [0.2, 0.25) is 0 Å². The van der Waals surface area contributed by atoms with Crippen molar-refractivity contribution in [1.29, 1.82) is 0 Å². The molecule has 1 fully saturated rings. The Bertz CT molecular complexity index is 434. The van der Waals surface area contributed by atoms with Gasteiger partial charge in [-0.1, -0.05) is 25.8 Å². The molecule has 20 heavy (non-hydrogen) atoms. The molecule has 0 radical (unpaired) electrons. The molecule has 0 saturated heterocycles. The second-order valence-electron chi connectivity index (χ2n) is 5.83. The van der Waals surface area contributed by atoms with Crippen LogP contribution in [0.3, 0.4) is 0 Å². The first-order valence-electron chi connectivity index (χ1n) is 7.37. The Hall–Kier alpha value is -1.00. The fourth-order valence-electron chi connectivity index (χ4n) is 3.53. The van der Waals surface area contributed by atoms with Gasteiger partial charge in [0.15, 0.2) is 0 Å². The first-order valence-corrected chi connectivity index (χ1v) is 7.37. The lowest BCUT2D eigenvalue weighted by atomic mass is 9.82. The molecule has 1 unspecified atom stereocenters. The van der Waals surface area contributed by atoms with Crippen molar-refractivity contribution in [2.24, 2.45) is 0 Å². The van der Waals surface area contributed by atoms with Crippen molar-refractivity contribution in [2.75, 3.05) is 20.6 Å². The molecule has 1 aromatic carbocycles.